The lowest BCUT2D eigenvalue weighted by Gasteiger charge is -2.12. The largest absolute Gasteiger partial charge is 0.495 e. The van der Waals surface area contributed by atoms with E-state index in [1.807, 2.05) is 6.07 Å². The van der Waals surface area contributed by atoms with Crippen LogP contribution in [-0.2, 0) is 11.2 Å². The molecule has 8 nitrogen and oxygen atoms in total. The number of carbonyl (C=O) groups is 1. The second-order valence-corrected chi connectivity index (χ2v) is 5.87. The lowest BCUT2D eigenvalue weighted by molar-refractivity contribution is -0.116. The molecule has 0 saturated carbocycles. The highest BCUT2D eigenvalue weighted by atomic mass is 35.5. The van der Waals surface area contributed by atoms with Gasteiger partial charge in [-0.3, -0.25) is 9.78 Å². The SMILES string of the molecule is COc1cc(OC)c(NC(=O)CCc2nc(-c3ccccn3)no2)cc1Cl. The molecule has 0 spiro atoms. The molecular weight excluding hydrogens is 372 g/mol. The normalized spacial score (nSPS) is 10.5. The molecule has 1 amide bonds. The average Bonchev–Trinajstić information content (AvgIpc) is 3.16. The van der Waals surface area contributed by atoms with Crippen LogP contribution in [0.3, 0.4) is 0 Å². The summed E-state index contributed by atoms with van der Waals surface area (Å²) in [6.45, 7) is 0. The van der Waals surface area contributed by atoms with Crippen molar-refractivity contribution in [1.82, 2.24) is 15.1 Å². The number of nitrogens with one attached hydrogen (secondary N) is 1. The first-order valence-corrected chi connectivity index (χ1v) is 8.44. The van der Waals surface area contributed by atoms with Gasteiger partial charge in [-0.15, -0.1) is 0 Å². The molecule has 2 aromatic heterocycles. The van der Waals surface area contributed by atoms with Gasteiger partial charge >= 0.3 is 0 Å². The average molecular weight is 389 g/mol. The lowest BCUT2D eigenvalue weighted by atomic mass is 10.2. The van der Waals surface area contributed by atoms with Crippen LogP contribution >= 0.6 is 11.6 Å². The summed E-state index contributed by atoms with van der Waals surface area (Å²) in [5.74, 6) is 1.39. The first kappa shape index (κ1) is 18.7. The Balaban J connectivity index is 1.62. The van der Waals surface area contributed by atoms with E-state index in [1.165, 1.54) is 14.2 Å². The van der Waals surface area contributed by atoms with E-state index in [2.05, 4.69) is 20.4 Å². The predicted molar refractivity (Wildman–Crippen MR) is 99.0 cm³/mol. The maximum Gasteiger partial charge on any atom is 0.227 e. The molecule has 27 heavy (non-hydrogen) atoms. The fourth-order valence-corrected chi connectivity index (χ4v) is 2.59. The van der Waals surface area contributed by atoms with Crippen molar-refractivity contribution in [2.45, 2.75) is 12.8 Å². The molecule has 0 saturated heterocycles. The minimum absolute atomic E-state index is 0.149. The van der Waals surface area contributed by atoms with Crippen molar-refractivity contribution < 1.29 is 18.8 Å². The molecule has 0 atom stereocenters. The van der Waals surface area contributed by atoms with Gasteiger partial charge in [-0.25, -0.2) is 0 Å². The van der Waals surface area contributed by atoms with Gasteiger partial charge in [-0.05, 0) is 18.2 Å². The molecule has 140 valence electrons. The van der Waals surface area contributed by atoms with Crippen LogP contribution in [0.4, 0.5) is 5.69 Å². The molecule has 9 heteroatoms. The number of pyridine rings is 1. The van der Waals surface area contributed by atoms with Crippen LogP contribution in [0.5, 0.6) is 11.5 Å². The summed E-state index contributed by atoms with van der Waals surface area (Å²) < 4.78 is 15.6. The molecule has 0 bridgehead atoms. The molecule has 2 heterocycles. The molecule has 0 radical (unpaired) electrons. The summed E-state index contributed by atoms with van der Waals surface area (Å²) in [5.41, 5.74) is 1.06. The van der Waals surface area contributed by atoms with Crippen molar-refractivity contribution in [3.8, 4) is 23.0 Å². The Morgan fingerprint density at radius 1 is 1.22 bits per heavy atom. The van der Waals surface area contributed by atoms with Crippen LogP contribution in [0.1, 0.15) is 12.3 Å². The Bertz CT molecular complexity index is 930. The van der Waals surface area contributed by atoms with E-state index in [4.69, 9.17) is 25.6 Å². The maximum absolute atomic E-state index is 12.3. The second kappa shape index (κ2) is 8.50. The molecule has 0 aliphatic rings. The third kappa shape index (κ3) is 4.53. The van der Waals surface area contributed by atoms with Gasteiger partial charge < -0.3 is 19.3 Å². The number of hydrogen-bond acceptors (Lipinski definition) is 7. The van der Waals surface area contributed by atoms with E-state index >= 15 is 0 Å². The van der Waals surface area contributed by atoms with Crippen molar-refractivity contribution in [3.05, 3.63) is 47.4 Å². The van der Waals surface area contributed by atoms with Crippen molar-refractivity contribution >= 4 is 23.2 Å². The van der Waals surface area contributed by atoms with Crippen LogP contribution in [0, 0.1) is 0 Å². The zero-order chi connectivity index (χ0) is 19.2. The van der Waals surface area contributed by atoms with Crippen LogP contribution in [0.2, 0.25) is 5.02 Å². The zero-order valence-corrected chi connectivity index (χ0v) is 15.5. The van der Waals surface area contributed by atoms with E-state index in [9.17, 15) is 4.79 Å². The first-order valence-electron chi connectivity index (χ1n) is 8.06. The van der Waals surface area contributed by atoms with Gasteiger partial charge in [0, 0.05) is 25.1 Å². The molecule has 3 aromatic rings. The number of anilines is 1. The Labute approximate surface area is 160 Å². The number of aromatic nitrogens is 3. The van der Waals surface area contributed by atoms with Gasteiger partial charge in [0.25, 0.3) is 0 Å². The quantitative estimate of drug-likeness (QED) is 0.662. The summed E-state index contributed by atoms with van der Waals surface area (Å²) >= 11 is 6.10. The molecular formula is C18H17ClN4O4. The topological polar surface area (TPSA) is 99.4 Å². The minimum atomic E-state index is -0.243. The number of halogens is 1. The van der Waals surface area contributed by atoms with Crippen molar-refractivity contribution in [3.63, 3.8) is 0 Å². The van der Waals surface area contributed by atoms with E-state index < -0.39 is 0 Å². The summed E-state index contributed by atoms with van der Waals surface area (Å²) in [6, 6.07) is 8.59. The fourth-order valence-electron chi connectivity index (χ4n) is 2.35. The Hall–Kier alpha value is -3.13. The van der Waals surface area contributed by atoms with E-state index in [1.54, 1.807) is 30.5 Å². The number of carbonyl (C=O) groups excluding carboxylic acids is 1. The smallest absolute Gasteiger partial charge is 0.227 e. The highest BCUT2D eigenvalue weighted by Crippen LogP contribution is 2.35. The lowest BCUT2D eigenvalue weighted by Crippen LogP contribution is -2.13. The third-order valence-corrected chi connectivity index (χ3v) is 3.97. The van der Waals surface area contributed by atoms with E-state index in [0.717, 1.165) is 0 Å². The zero-order valence-electron chi connectivity index (χ0n) is 14.7. The molecule has 0 aliphatic heterocycles. The van der Waals surface area contributed by atoms with Gasteiger partial charge in [0.2, 0.25) is 17.6 Å². The number of aryl methyl sites for hydroxylation is 1. The monoisotopic (exact) mass is 388 g/mol. The number of hydrogen-bond donors (Lipinski definition) is 1. The van der Waals surface area contributed by atoms with Gasteiger partial charge in [-0.2, -0.15) is 4.98 Å². The Kier molecular flexibility index (Phi) is 5.87. The summed E-state index contributed by atoms with van der Waals surface area (Å²) in [6.07, 6.45) is 2.08. The van der Waals surface area contributed by atoms with E-state index in [0.29, 0.717) is 39.6 Å². The number of ether oxygens (including phenoxy) is 2. The van der Waals surface area contributed by atoms with Gasteiger partial charge in [0.15, 0.2) is 0 Å². The highest BCUT2D eigenvalue weighted by molar-refractivity contribution is 6.32. The van der Waals surface area contributed by atoms with Gasteiger partial charge in [0.05, 0.1) is 24.9 Å². The number of rotatable bonds is 7. The molecule has 1 aromatic carbocycles. The van der Waals surface area contributed by atoms with E-state index in [-0.39, 0.29) is 18.7 Å². The van der Waals surface area contributed by atoms with Crippen LogP contribution in [-0.4, -0.2) is 35.3 Å². The van der Waals surface area contributed by atoms with Gasteiger partial charge in [-0.1, -0.05) is 22.8 Å². The maximum atomic E-state index is 12.3. The number of benzene rings is 1. The van der Waals surface area contributed by atoms with Crippen LogP contribution < -0.4 is 14.8 Å². The molecule has 3 rings (SSSR count). The number of nitrogens with zero attached hydrogens (tertiary/aromatic N) is 3. The van der Waals surface area contributed by atoms with Crippen LogP contribution in [0.25, 0.3) is 11.5 Å². The Morgan fingerprint density at radius 2 is 2.04 bits per heavy atom. The predicted octanol–water partition coefficient (Wildman–Crippen LogP) is 3.37. The highest BCUT2D eigenvalue weighted by Gasteiger charge is 2.14. The first-order chi connectivity index (χ1) is 13.1. The molecule has 0 fully saturated rings. The van der Waals surface area contributed by atoms with Crippen LogP contribution in [0.15, 0.2) is 41.1 Å². The molecule has 1 N–H and O–H groups in total. The van der Waals surface area contributed by atoms with Crippen molar-refractivity contribution in [1.29, 1.82) is 0 Å². The molecule has 0 unspecified atom stereocenters. The standard InChI is InChI=1S/C18H17ClN4O4/c1-25-14-10-15(26-2)13(9-11(14)19)21-16(24)6-7-17-22-18(23-27-17)12-5-3-4-8-20-12/h3-5,8-10H,6-7H2,1-2H3,(H,21,24). The summed E-state index contributed by atoms with van der Waals surface area (Å²) in [4.78, 5) is 20.7. The fraction of sp³-hybridized carbons (Fsp3) is 0.222. The van der Waals surface area contributed by atoms with Gasteiger partial charge in [0.1, 0.15) is 17.2 Å². The Morgan fingerprint density at radius 3 is 2.74 bits per heavy atom. The van der Waals surface area contributed by atoms with Crippen molar-refractivity contribution in [2.24, 2.45) is 0 Å². The summed E-state index contributed by atoms with van der Waals surface area (Å²) in [7, 11) is 3.00. The number of amides is 1. The van der Waals surface area contributed by atoms with Crippen molar-refractivity contribution in [2.75, 3.05) is 19.5 Å². The third-order valence-electron chi connectivity index (χ3n) is 3.68. The molecule has 0 aliphatic carbocycles. The minimum Gasteiger partial charge on any atom is -0.495 e. The second-order valence-electron chi connectivity index (χ2n) is 5.46. The number of methoxy groups -OCH3 is 2. The summed E-state index contributed by atoms with van der Waals surface area (Å²) in [5, 5.41) is 7.00.